The zero-order valence-corrected chi connectivity index (χ0v) is 14.5. The van der Waals surface area contributed by atoms with E-state index >= 15 is 0 Å². The van der Waals surface area contributed by atoms with Gasteiger partial charge in [0.2, 0.25) is 5.91 Å². The predicted octanol–water partition coefficient (Wildman–Crippen LogP) is 1.23. The van der Waals surface area contributed by atoms with Crippen LogP contribution in [-0.4, -0.2) is 64.9 Å². The van der Waals surface area contributed by atoms with Gasteiger partial charge in [-0.1, -0.05) is 12.8 Å². The molecule has 0 aliphatic carbocycles. The van der Waals surface area contributed by atoms with Crippen molar-refractivity contribution in [3.05, 3.63) is 24.0 Å². The van der Waals surface area contributed by atoms with Crippen molar-refractivity contribution < 1.29 is 9.59 Å². The Balaban J connectivity index is 1.45. The van der Waals surface area contributed by atoms with E-state index in [0.29, 0.717) is 18.8 Å². The van der Waals surface area contributed by atoms with Gasteiger partial charge in [0, 0.05) is 32.9 Å². The Kier molecular flexibility index (Phi) is 5.56. The monoisotopic (exact) mass is 332 g/mol. The lowest BCUT2D eigenvalue weighted by Gasteiger charge is -2.26. The average Bonchev–Trinajstić information content (AvgIpc) is 3.04. The lowest BCUT2D eigenvalue weighted by Crippen LogP contribution is -2.44. The molecule has 2 fully saturated rings. The minimum atomic E-state index is -0.0850. The highest BCUT2D eigenvalue weighted by Crippen LogP contribution is 2.20. The van der Waals surface area contributed by atoms with Crippen molar-refractivity contribution in [1.29, 1.82) is 0 Å². The molecule has 0 aromatic carbocycles. The number of rotatable bonds is 5. The molecule has 132 valence electrons. The van der Waals surface area contributed by atoms with Crippen LogP contribution >= 0.6 is 0 Å². The molecule has 0 spiro atoms. The molecule has 0 radical (unpaired) electrons. The topological polar surface area (TPSA) is 57.6 Å². The fourth-order valence-corrected chi connectivity index (χ4v) is 3.78. The lowest BCUT2D eigenvalue weighted by molar-refractivity contribution is -0.132. The molecule has 0 saturated carbocycles. The van der Waals surface area contributed by atoms with Crippen LogP contribution in [0.3, 0.4) is 0 Å². The summed E-state index contributed by atoms with van der Waals surface area (Å²) in [5.41, 5.74) is 0.644. The molecule has 24 heavy (non-hydrogen) atoms. The van der Waals surface area contributed by atoms with Gasteiger partial charge < -0.3 is 14.8 Å². The van der Waals surface area contributed by atoms with E-state index in [9.17, 15) is 9.59 Å². The largest absolute Gasteiger partial charge is 0.349 e. The van der Waals surface area contributed by atoms with Gasteiger partial charge in [-0.05, 0) is 44.5 Å². The summed E-state index contributed by atoms with van der Waals surface area (Å²) in [4.78, 5) is 29.0. The van der Waals surface area contributed by atoms with Crippen LogP contribution in [0.25, 0.3) is 0 Å². The zero-order chi connectivity index (χ0) is 16.9. The third-order valence-electron chi connectivity index (χ3n) is 5.19. The summed E-state index contributed by atoms with van der Waals surface area (Å²) in [7, 11) is 1.85. The molecule has 2 amide bonds. The second-order valence-corrected chi connectivity index (χ2v) is 6.84. The third-order valence-corrected chi connectivity index (χ3v) is 5.19. The number of hydrogen-bond acceptors (Lipinski definition) is 3. The summed E-state index contributed by atoms with van der Waals surface area (Å²) in [5.74, 6) is 0.156. The van der Waals surface area contributed by atoms with E-state index in [0.717, 1.165) is 26.1 Å². The van der Waals surface area contributed by atoms with Crippen LogP contribution < -0.4 is 5.32 Å². The highest BCUT2D eigenvalue weighted by atomic mass is 16.2. The van der Waals surface area contributed by atoms with Crippen LogP contribution in [0.4, 0.5) is 0 Å². The SMILES string of the molecule is Cn1cccc1C(=O)NCCN1CCC(N2CCCCCC2)C1=O. The number of amides is 2. The molecule has 1 unspecified atom stereocenters. The number of carbonyl (C=O) groups is 2. The van der Waals surface area contributed by atoms with Crippen molar-refractivity contribution in [2.75, 3.05) is 32.7 Å². The van der Waals surface area contributed by atoms with Crippen molar-refractivity contribution in [3.8, 4) is 0 Å². The van der Waals surface area contributed by atoms with E-state index in [1.165, 1.54) is 25.7 Å². The van der Waals surface area contributed by atoms with Crippen LogP contribution in [0.2, 0.25) is 0 Å². The number of carbonyl (C=O) groups excluding carboxylic acids is 2. The zero-order valence-electron chi connectivity index (χ0n) is 14.5. The molecule has 1 atom stereocenters. The van der Waals surface area contributed by atoms with Crippen molar-refractivity contribution in [3.63, 3.8) is 0 Å². The van der Waals surface area contributed by atoms with Crippen molar-refractivity contribution >= 4 is 11.8 Å². The molecule has 1 aromatic rings. The van der Waals surface area contributed by atoms with Crippen LogP contribution in [0.1, 0.15) is 42.6 Å². The molecule has 2 aliphatic heterocycles. The second kappa shape index (κ2) is 7.83. The third kappa shape index (κ3) is 3.80. The van der Waals surface area contributed by atoms with Crippen LogP contribution in [0.15, 0.2) is 18.3 Å². The summed E-state index contributed by atoms with van der Waals surface area (Å²) in [6.07, 6.45) is 7.75. The number of likely N-dealkylation sites (tertiary alicyclic amines) is 2. The maximum Gasteiger partial charge on any atom is 0.267 e. The van der Waals surface area contributed by atoms with Gasteiger partial charge >= 0.3 is 0 Å². The van der Waals surface area contributed by atoms with Gasteiger partial charge in [0.1, 0.15) is 5.69 Å². The summed E-state index contributed by atoms with van der Waals surface area (Å²) in [6, 6.07) is 3.71. The van der Waals surface area contributed by atoms with E-state index in [-0.39, 0.29) is 17.9 Å². The molecular weight excluding hydrogens is 304 g/mol. The van der Waals surface area contributed by atoms with Gasteiger partial charge in [-0.2, -0.15) is 0 Å². The number of nitrogens with one attached hydrogen (secondary N) is 1. The van der Waals surface area contributed by atoms with Gasteiger partial charge in [-0.15, -0.1) is 0 Å². The summed E-state index contributed by atoms with van der Waals surface area (Å²) in [5, 5.41) is 2.91. The van der Waals surface area contributed by atoms with E-state index in [1.807, 2.05) is 24.2 Å². The minimum Gasteiger partial charge on any atom is -0.349 e. The molecular formula is C18H28N4O2. The fraction of sp³-hybridized carbons (Fsp3) is 0.667. The highest BCUT2D eigenvalue weighted by Gasteiger charge is 2.35. The number of aromatic nitrogens is 1. The van der Waals surface area contributed by atoms with Gasteiger partial charge in [0.25, 0.3) is 5.91 Å². The Morgan fingerprint density at radius 2 is 1.96 bits per heavy atom. The predicted molar refractivity (Wildman–Crippen MR) is 92.8 cm³/mol. The maximum atomic E-state index is 12.6. The fourth-order valence-electron chi connectivity index (χ4n) is 3.78. The molecule has 1 N–H and O–H groups in total. The van der Waals surface area contributed by atoms with E-state index in [2.05, 4.69) is 10.2 Å². The Bertz CT molecular complexity index is 575. The number of nitrogens with zero attached hydrogens (tertiary/aromatic N) is 3. The maximum absolute atomic E-state index is 12.6. The van der Waals surface area contributed by atoms with Crippen LogP contribution in [0, 0.1) is 0 Å². The summed E-state index contributed by atoms with van der Waals surface area (Å²) < 4.78 is 1.80. The Morgan fingerprint density at radius 3 is 2.62 bits per heavy atom. The molecule has 6 heteroatoms. The number of aryl methyl sites for hydroxylation is 1. The molecule has 3 heterocycles. The van der Waals surface area contributed by atoms with Gasteiger partial charge in [0.15, 0.2) is 0 Å². The molecule has 2 saturated heterocycles. The first-order valence-corrected chi connectivity index (χ1v) is 9.09. The molecule has 3 rings (SSSR count). The second-order valence-electron chi connectivity index (χ2n) is 6.84. The Morgan fingerprint density at radius 1 is 1.21 bits per heavy atom. The van der Waals surface area contributed by atoms with Crippen molar-refractivity contribution in [2.45, 2.75) is 38.1 Å². The standard InChI is InChI=1S/C18H28N4O2/c1-20-10-6-7-15(20)17(23)19-9-14-22-13-8-16(18(22)24)21-11-4-2-3-5-12-21/h6-7,10,16H,2-5,8-9,11-14H2,1H3,(H,19,23). The molecule has 1 aromatic heterocycles. The summed E-state index contributed by atoms with van der Waals surface area (Å²) in [6.45, 7) is 4.00. The minimum absolute atomic E-state index is 0.0617. The normalized spacial score (nSPS) is 22.6. The summed E-state index contributed by atoms with van der Waals surface area (Å²) >= 11 is 0. The lowest BCUT2D eigenvalue weighted by atomic mass is 10.2. The molecule has 6 nitrogen and oxygen atoms in total. The first-order chi connectivity index (χ1) is 11.7. The molecule has 2 aliphatic rings. The Hall–Kier alpha value is -1.82. The quantitative estimate of drug-likeness (QED) is 0.882. The highest BCUT2D eigenvalue weighted by molar-refractivity contribution is 5.92. The van der Waals surface area contributed by atoms with Crippen LogP contribution in [0.5, 0.6) is 0 Å². The van der Waals surface area contributed by atoms with Gasteiger partial charge in [0.05, 0.1) is 6.04 Å². The van der Waals surface area contributed by atoms with Crippen LogP contribution in [-0.2, 0) is 11.8 Å². The smallest absolute Gasteiger partial charge is 0.267 e. The Labute approximate surface area is 143 Å². The van der Waals surface area contributed by atoms with E-state index in [1.54, 1.807) is 10.6 Å². The first kappa shape index (κ1) is 17.0. The number of hydrogen-bond donors (Lipinski definition) is 1. The first-order valence-electron chi connectivity index (χ1n) is 9.09. The van der Waals surface area contributed by atoms with Gasteiger partial charge in [-0.25, -0.2) is 0 Å². The average molecular weight is 332 g/mol. The van der Waals surface area contributed by atoms with E-state index in [4.69, 9.17) is 0 Å². The van der Waals surface area contributed by atoms with E-state index < -0.39 is 0 Å². The van der Waals surface area contributed by atoms with Crippen molar-refractivity contribution in [2.24, 2.45) is 7.05 Å². The van der Waals surface area contributed by atoms with Gasteiger partial charge in [-0.3, -0.25) is 14.5 Å². The van der Waals surface area contributed by atoms with Crippen molar-refractivity contribution in [1.82, 2.24) is 19.7 Å². The molecule has 0 bridgehead atoms.